The Morgan fingerprint density at radius 3 is 2.35 bits per heavy atom. The molecule has 3 saturated heterocycles. The van der Waals surface area contributed by atoms with Gasteiger partial charge in [0.2, 0.25) is 11.8 Å². The molecule has 3 aliphatic rings. The van der Waals surface area contributed by atoms with Crippen molar-refractivity contribution in [2.45, 2.75) is 56.1 Å². The summed E-state index contributed by atoms with van der Waals surface area (Å²) in [5.74, 6) is 0.871. The number of thiophene rings is 1. The van der Waals surface area contributed by atoms with Gasteiger partial charge in [0.25, 0.3) is 10.0 Å². The van der Waals surface area contributed by atoms with Crippen molar-refractivity contribution in [2.24, 2.45) is 11.8 Å². The molecule has 1 unspecified atom stereocenters. The van der Waals surface area contributed by atoms with Crippen LogP contribution >= 0.6 is 11.3 Å². The highest BCUT2D eigenvalue weighted by Crippen LogP contribution is 2.29. The number of carbonyl (C=O) groups excluding carboxylic acids is 2. The maximum absolute atomic E-state index is 12.8. The Morgan fingerprint density at radius 1 is 0.968 bits per heavy atom. The van der Waals surface area contributed by atoms with Gasteiger partial charge in [-0.15, -0.1) is 11.3 Å². The van der Waals surface area contributed by atoms with Crippen molar-refractivity contribution in [2.75, 3.05) is 39.3 Å². The largest absolute Gasteiger partial charge is 0.342 e. The Balaban J connectivity index is 1.29. The predicted octanol–water partition coefficient (Wildman–Crippen LogP) is 2.57. The molecule has 4 heterocycles. The number of piperidine rings is 2. The fourth-order valence-corrected chi connectivity index (χ4v) is 7.95. The first-order chi connectivity index (χ1) is 14.8. The lowest BCUT2D eigenvalue weighted by atomic mass is 9.92. The van der Waals surface area contributed by atoms with Gasteiger partial charge in [-0.25, -0.2) is 8.42 Å². The molecule has 0 saturated carbocycles. The molecule has 1 aromatic heterocycles. The summed E-state index contributed by atoms with van der Waals surface area (Å²) in [6.07, 6.45) is 5.75. The fourth-order valence-electron chi connectivity index (χ4n) is 4.93. The van der Waals surface area contributed by atoms with Gasteiger partial charge < -0.3 is 9.80 Å². The highest BCUT2D eigenvalue weighted by Gasteiger charge is 2.32. The van der Waals surface area contributed by atoms with Crippen LogP contribution in [0.15, 0.2) is 16.3 Å². The molecule has 0 aliphatic carbocycles. The van der Waals surface area contributed by atoms with Crippen LogP contribution in [0.4, 0.5) is 0 Å². The van der Waals surface area contributed by atoms with Crippen molar-refractivity contribution in [1.29, 1.82) is 0 Å². The average Bonchev–Trinajstić information content (AvgIpc) is 3.46. The van der Waals surface area contributed by atoms with E-state index in [0.717, 1.165) is 37.2 Å². The minimum atomic E-state index is -3.43. The molecule has 0 aromatic carbocycles. The second-order valence-electron chi connectivity index (χ2n) is 9.20. The van der Waals surface area contributed by atoms with Gasteiger partial charge in [-0.3, -0.25) is 9.59 Å². The van der Waals surface area contributed by atoms with E-state index < -0.39 is 10.0 Å². The third kappa shape index (κ3) is 5.14. The molecule has 4 rings (SSSR count). The van der Waals surface area contributed by atoms with Crippen molar-refractivity contribution < 1.29 is 18.0 Å². The number of hydrogen-bond donors (Lipinski definition) is 0. The van der Waals surface area contributed by atoms with Crippen LogP contribution in [-0.4, -0.2) is 73.6 Å². The van der Waals surface area contributed by atoms with E-state index in [0.29, 0.717) is 49.1 Å². The Kier molecular flexibility index (Phi) is 7.03. The third-order valence-electron chi connectivity index (χ3n) is 6.79. The summed E-state index contributed by atoms with van der Waals surface area (Å²) in [4.78, 5) is 30.2. The van der Waals surface area contributed by atoms with Crippen molar-refractivity contribution >= 4 is 33.2 Å². The number of hydrogen-bond acceptors (Lipinski definition) is 5. The molecule has 1 aromatic rings. The van der Waals surface area contributed by atoms with E-state index >= 15 is 0 Å². The summed E-state index contributed by atoms with van der Waals surface area (Å²) in [5, 5.41) is 0. The Morgan fingerprint density at radius 2 is 1.68 bits per heavy atom. The molecule has 0 spiro atoms. The standard InChI is InChI=1S/C22H33N3O4S2/c1-17-5-4-10-24(16-17)22(27)18-8-13-23(14-9-18)20(26)15-19-6-7-21(30-19)31(28,29)25-11-2-3-12-25/h6-7,17-18H,2-5,8-16H2,1H3. The lowest BCUT2D eigenvalue weighted by Crippen LogP contribution is -2.47. The third-order valence-corrected chi connectivity index (χ3v) is 10.2. The first kappa shape index (κ1) is 22.7. The van der Waals surface area contributed by atoms with Crippen molar-refractivity contribution in [1.82, 2.24) is 14.1 Å². The molecule has 1 atom stereocenters. The number of sulfonamides is 1. The normalized spacial score (nSPS) is 24.0. The molecule has 0 radical (unpaired) electrons. The van der Waals surface area contributed by atoms with Crippen molar-refractivity contribution in [3.8, 4) is 0 Å². The van der Waals surface area contributed by atoms with Gasteiger partial charge in [-0.1, -0.05) is 6.92 Å². The molecule has 31 heavy (non-hydrogen) atoms. The van der Waals surface area contributed by atoms with Gasteiger partial charge in [0, 0.05) is 50.1 Å². The minimum Gasteiger partial charge on any atom is -0.342 e. The topological polar surface area (TPSA) is 78.0 Å². The highest BCUT2D eigenvalue weighted by molar-refractivity contribution is 7.91. The van der Waals surface area contributed by atoms with Gasteiger partial charge in [0.1, 0.15) is 4.21 Å². The first-order valence-corrected chi connectivity index (χ1v) is 13.8. The van der Waals surface area contributed by atoms with E-state index in [-0.39, 0.29) is 24.2 Å². The van der Waals surface area contributed by atoms with Crippen LogP contribution in [0.3, 0.4) is 0 Å². The maximum atomic E-state index is 12.8. The molecule has 172 valence electrons. The van der Waals surface area contributed by atoms with E-state index in [4.69, 9.17) is 0 Å². The molecule has 0 N–H and O–H groups in total. The summed E-state index contributed by atoms with van der Waals surface area (Å²) in [6, 6.07) is 3.39. The van der Waals surface area contributed by atoms with E-state index in [2.05, 4.69) is 6.92 Å². The molecule has 7 nitrogen and oxygen atoms in total. The first-order valence-electron chi connectivity index (χ1n) is 11.5. The summed E-state index contributed by atoms with van der Waals surface area (Å²) in [6.45, 7) is 6.29. The Hall–Kier alpha value is -1.45. The second-order valence-corrected chi connectivity index (χ2v) is 12.5. The zero-order chi connectivity index (χ0) is 22.0. The van der Waals surface area contributed by atoms with Crippen LogP contribution in [-0.2, 0) is 26.0 Å². The van der Waals surface area contributed by atoms with E-state index in [1.54, 1.807) is 12.1 Å². The summed E-state index contributed by atoms with van der Waals surface area (Å²) < 4.78 is 27.2. The van der Waals surface area contributed by atoms with E-state index in [1.165, 1.54) is 22.1 Å². The van der Waals surface area contributed by atoms with Crippen LogP contribution in [0.5, 0.6) is 0 Å². The number of carbonyl (C=O) groups is 2. The Labute approximate surface area is 189 Å². The van der Waals surface area contributed by atoms with Crippen LogP contribution in [0.1, 0.15) is 50.3 Å². The van der Waals surface area contributed by atoms with Gasteiger partial charge in [0.15, 0.2) is 0 Å². The summed E-state index contributed by atoms with van der Waals surface area (Å²) in [5.41, 5.74) is 0. The summed E-state index contributed by atoms with van der Waals surface area (Å²) in [7, 11) is -3.43. The van der Waals surface area contributed by atoms with Gasteiger partial charge in [0.05, 0.1) is 6.42 Å². The number of nitrogens with zero attached hydrogens (tertiary/aromatic N) is 3. The van der Waals surface area contributed by atoms with Crippen LogP contribution in [0, 0.1) is 11.8 Å². The lowest BCUT2D eigenvalue weighted by Gasteiger charge is -2.37. The monoisotopic (exact) mass is 467 g/mol. The quantitative estimate of drug-likeness (QED) is 0.667. The minimum absolute atomic E-state index is 0.0180. The Bertz CT molecular complexity index is 900. The van der Waals surface area contributed by atoms with E-state index in [1.807, 2.05) is 9.80 Å². The van der Waals surface area contributed by atoms with Crippen LogP contribution < -0.4 is 0 Å². The maximum Gasteiger partial charge on any atom is 0.252 e. The zero-order valence-corrected chi connectivity index (χ0v) is 19.9. The number of likely N-dealkylation sites (tertiary alicyclic amines) is 2. The van der Waals surface area contributed by atoms with Crippen molar-refractivity contribution in [3.63, 3.8) is 0 Å². The fraction of sp³-hybridized carbons (Fsp3) is 0.727. The SMILES string of the molecule is CC1CCCN(C(=O)C2CCN(C(=O)Cc3ccc(S(=O)(=O)N4CCCC4)s3)CC2)C1. The van der Waals surface area contributed by atoms with Gasteiger partial charge in [-0.2, -0.15) is 4.31 Å². The number of rotatable bonds is 5. The zero-order valence-electron chi connectivity index (χ0n) is 18.3. The van der Waals surface area contributed by atoms with E-state index in [9.17, 15) is 18.0 Å². The summed E-state index contributed by atoms with van der Waals surface area (Å²) >= 11 is 1.21. The number of amides is 2. The lowest BCUT2D eigenvalue weighted by molar-refractivity contribution is -0.141. The van der Waals surface area contributed by atoms with Crippen LogP contribution in [0.2, 0.25) is 0 Å². The van der Waals surface area contributed by atoms with Gasteiger partial charge in [-0.05, 0) is 56.6 Å². The predicted molar refractivity (Wildman–Crippen MR) is 120 cm³/mol. The highest BCUT2D eigenvalue weighted by atomic mass is 32.2. The molecule has 3 aliphatic heterocycles. The molecular formula is C22H33N3O4S2. The molecule has 3 fully saturated rings. The smallest absolute Gasteiger partial charge is 0.252 e. The van der Waals surface area contributed by atoms with Crippen molar-refractivity contribution in [3.05, 3.63) is 17.0 Å². The molecule has 9 heteroatoms. The molecule has 0 bridgehead atoms. The second kappa shape index (κ2) is 9.58. The molecule has 2 amide bonds. The average molecular weight is 468 g/mol. The van der Waals surface area contributed by atoms with Gasteiger partial charge >= 0.3 is 0 Å². The molecular weight excluding hydrogens is 434 g/mol. The van der Waals surface area contributed by atoms with Crippen LogP contribution in [0.25, 0.3) is 0 Å².